The Hall–Kier alpha value is -0.610. The molecule has 1 amide bonds. The lowest BCUT2D eigenvalue weighted by atomic mass is 9.85. The third-order valence-corrected chi connectivity index (χ3v) is 2.96. The van der Waals surface area contributed by atoms with Crippen molar-refractivity contribution >= 4 is 5.91 Å². The van der Waals surface area contributed by atoms with E-state index in [0.29, 0.717) is 6.54 Å². The Kier molecular flexibility index (Phi) is 3.27. The zero-order valence-corrected chi connectivity index (χ0v) is 8.38. The summed E-state index contributed by atoms with van der Waals surface area (Å²) in [6, 6.07) is 0. The van der Waals surface area contributed by atoms with Crippen molar-refractivity contribution in [1.29, 1.82) is 0 Å². The van der Waals surface area contributed by atoms with Crippen molar-refractivity contribution in [3.63, 3.8) is 0 Å². The standard InChI is InChI=1S/C9H18N2O2/c1-11(13-2)8(12)9(7-10)5-3-4-6-9/h3-7,10H2,1-2H3. The highest BCUT2D eigenvalue weighted by molar-refractivity contribution is 5.82. The third-order valence-electron chi connectivity index (χ3n) is 2.96. The Balaban J connectivity index is 2.70. The third kappa shape index (κ3) is 1.84. The number of hydroxylamine groups is 2. The lowest BCUT2D eigenvalue weighted by molar-refractivity contribution is -0.179. The van der Waals surface area contributed by atoms with Crippen molar-refractivity contribution in [3.8, 4) is 0 Å². The van der Waals surface area contributed by atoms with Crippen molar-refractivity contribution in [2.75, 3.05) is 20.7 Å². The zero-order chi connectivity index (χ0) is 9.90. The van der Waals surface area contributed by atoms with Gasteiger partial charge in [-0.3, -0.25) is 9.63 Å². The van der Waals surface area contributed by atoms with Gasteiger partial charge in [0.2, 0.25) is 0 Å². The molecule has 0 aromatic heterocycles. The highest BCUT2D eigenvalue weighted by Crippen LogP contribution is 2.38. The fourth-order valence-corrected chi connectivity index (χ4v) is 1.97. The molecule has 1 rings (SSSR count). The molecule has 13 heavy (non-hydrogen) atoms. The molecule has 0 unspecified atom stereocenters. The minimum absolute atomic E-state index is 0.0231. The van der Waals surface area contributed by atoms with Gasteiger partial charge in [-0.1, -0.05) is 12.8 Å². The summed E-state index contributed by atoms with van der Waals surface area (Å²) in [6.45, 7) is 0.430. The second kappa shape index (κ2) is 4.07. The first kappa shape index (κ1) is 10.5. The number of nitrogens with zero attached hydrogens (tertiary/aromatic N) is 1. The molecule has 0 bridgehead atoms. The number of rotatable bonds is 3. The second-order valence-electron chi connectivity index (χ2n) is 3.68. The molecule has 0 heterocycles. The van der Waals surface area contributed by atoms with Crippen LogP contribution in [0.5, 0.6) is 0 Å². The normalized spacial score (nSPS) is 20.2. The van der Waals surface area contributed by atoms with Gasteiger partial charge in [0, 0.05) is 13.6 Å². The van der Waals surface area contributed by atoms with Crippen molar-refractivity contribution in [3.05, 3.63) is 0 Å². The fraction of sp³-hybridized carbons (Fsp3) is 0.889. The van der Waals surface area contributed by atoms with Crippen LogP contribution in [0.3, 0.4) is 0 Å². The van der Waals surface area contributed by atoms with E-state index in [2.05, 4.69) is 0 Å². The molecule has 1 aliphatic rings. The number of hydrogen-bond acceptors (Lipinski definition) is 3. The van der Waals surface area contributed by atoms with Crippen molar-refractivity contribution in [2.24, 2.45) is 11.1 Å². The topological polar surface area (TPSA) is 55.6 Å². The van der Waals surface area contributed by atoms with Gasteiger partial charge in [-0.05, 0) is 12.8 Å². The van der Waals surface area contributed by atoms with Crippen LogP contribution < -0.4 is 5.73 Å². The van der Waals surface area contributed by atoms with E-state index in [1.54, 1.807) is 7.05 Å². The van der Waals surface area contributed by atoms with Gasteiger partial charge in [-0.15, -0.1) is 0 Å². The number of nitrogens with two attached hydrogens (primary N) is 1. The molecule has 1 saturated carbocycles. The van der Waals surface area contributed by atoms with Crippen LogP contribution in [0.15, 0.2) is 0 Å². The largest absolute Gasteiger partial charge is 0.329 e. The van der Waals surface area contributed by atoms with Crippen molar-refractivity contribution in [1.82, 2.24) is 5.06 Å². The Morgan fingerprint density at radius 2 is 2.08 bits per heavy atom. The first-order valence-corrected chi connectivity index (χ1v) is 4.68. The SMILES string of the molecule is CON(C)C(=O)C1(CN)CCCC1. The summed E-state index contributed by atoms with van der Waals surface area (Å²) in [5, 5.41) is 1.29. The first-order valence-electron chi connectivity index (χ1n) is 4.68. The maximum atomic E-state index is 11.9. The number of carbonyl (C=O) groups is 1. The molecule has 0 aliphatic heterocycles. The van der Waals surface area contributed by atoms with Gasteiger partial charge in [-0.25, -0.2) is 5.06 Å². The van der Waals surface area contributed by atoms with E-state index in [1.165, 1.54) is 12.2 Å². The molecular weight excluding hydrogens is 168 g/mol. The van der Waals surface area contributed by atoms with Crippen LogP contribution >= 0.6 is 0 Å². The van der Waals surface area contributed by atoms with Gasteiger partial charge in [0.1, 0.15) is 0 Å². The average Bonchev–Trinajstić information content (AvgIpc) is 2.65. The Bertz CT molecular complexity index is 188. The van der Waals surface area contributed by atoms with E-state index < -0.39 is 0 Å². The van der Waals surface area contributed by atoms with Gasteiger partial charge in [-0.2, -0.15) is 0 Å². The number of amides is 1. The average molecular weight is 186 g/mol. The maximum Gasteiger partial charge on any atom is 0.253 e. The van der Waals surface area contributed by atoms with Crippen molar-refractivity contribution in [2.45, 2.75) is 25.7 Å². The van der Waals surface area contributed by atoms with Gasteiger partial charge in [0.05, 0.1) is 12.5 Å². The Labute approximate surface area is 79.0 Å². The monoisotopic (exact) mass is 186 g/mol. The molecule has 0 saturated heterocycles. The molecule has 0 atom stereocenters. The molecule has 1 fully saturated rings. The molecule has 0 aromatic carbocycles. The summed E-state index contributed by atoms with van der Waals surface area (Å²) in [4.78, 5) is 16.7. The van der Waals surface area contributed by atoms with E-state index in [-0.39, 0.29) is 11.3 Å². The van der Waals surface area contributed by atoms with E-state index in [1.807, 2.05) is 0 Å². The maximum absolute atomic E-state index is 11.9. The number of hydrogen-bond donors (Lipinski definition) is 1. The van der Waals surface area contributed by atoms with Crippen LogP contribution in [-0.2, 0) is 9.63 Å². The van der Waals surface area contributed by atoms with Crippen LogP contribution in [0.1, 0.15) is 25.7 Å². The summed E-state index contributed by atoms with van der Waals surface area (Å²) in [7, 11) is 3.13. The van der Waals surface area contributed by atoms with E-state index in [9.17, 15) is 4.79 Å². The van der Waals surface area contributed by atoms with Crippen LogP contribution in [0.4, 0.5) is 0 Å². The van der Waals surface area contributed by atoms with Gasteiger partial charge >= 0.3 is 0 Å². The number of carbonyl (C=O) groups excluding carboxylic acids is 1. The van der Waals surface area contributed by atoms with Crippen molar-refractivity contribution < 1.29 is 9.63 Å². The van der Waals surface area contributed by atoms with E-state index >= 15 is 0 Å². The molecule has 1 aliphatic carbocycles. The smallest absolute Gasteiger partial charge is 0.253 e. The summed E-state index contributed by atoms with van der Waals surface area (Å²) in [5.41, 5.74) is 5.32. The van der Waals surface area contributed by atoms with Gasteiger partial charge < -0.3 is 5.73 Å². The summed E-state index contributed by atoms with van der Waals surface area (Å²) in [6.07, 6.45) is 3.99. The molecule has 4 heteroatoms. The molecule has 0 spiro atoms. The Morgan fingerprint density at radius 3 is 2.46 bits per heavy atom. The minimum atomic E-state index is -0.342. The second-order valence-corrected chi connectivity index (χ2v) is 3.68. The molecule has 0 radical (unpaired) electrons. The van der Waals surface area contributed by atoms with Crippen LogP contribution in [0, 0.1) is 5.41 Å². The predicted molar refractivity (Wildman–Crippen MR) is 49.7 cm³/mol. The lowest BCUT2D eigenvalue weighted by Crippen LogP contribution is -2.44. The quantitative estimate of drug-likeness (QED) is 0.654. The van der Waals surface area contributed by atoms with Crippen LogP contribution in [0.2, 0.25) is 0 Å². The first-order chi connectivity index (χ1) is 6.16. The fourth-order valence-electron chi connectivity index (χ4n) is 1.97. The van der Waals surface area contributed by atoms with E-state index in [0.717, 1.165) is 25.7 Å². The molecule has 0 aromatic rings. The predicted octanol–water partition coefficient (Wildman–Crippen LogP) is 0.525. The summed E-state index contributed by atoms with van der Waals surface area (Å²) in [5.74, 6) is 0.0231. The molecule has 76 valence electrons. The lowest BCUT2D eigenvalue weighted by Gasteiger charge is -2.29. The highest BCUT2D eigenvalue weighted by atomic mass is 16.7. The Morgan fingerprint density at radius 1 is 1.54 bits per heavy atom. The van der Waals surface area contributed by atoms with E-state index in [4.69, 9.17) is 10.6 Å². The molecule has 4 nitrogen and oxygen atoms in total. The zero-order valence-electron chi connectivity index (χ0n) is 8.38. The van der Waals surface area contributed by atoms with Gasteiger partial charge in [0.25, 0.3) is 5.91 Å². The molecular formula is C9H18N2O2. The summed E-state index contributed by atoms with van der Waals surface area (Å²) < 4.78 is 0. The van der Waals surface area contributed by atoms with Gasteiger partial charge in [0.15, 0.2) is 0 Å². The molecule has 2 N–H and O–H groups in total. The van der Waals surface area contributed by atoms with Crippen LogP contribution in [-0.4, -0.2) is 31.7 Å². The summed E-state index contributed by atoms with van der Waals surface area (Å²) >= 11 is 0. The minimum Gasteiger partial charge on any atom is -0.329 e. The highest BCUT2D eigenvalue weighted by Gasteiger charge is 2.41. The van der Waals surface area contributed by atoms with Crippen LogP contribution in [0.25, 0.3) is 0 Å².